The van der Waals surface area contributed by atoms with Crippen LogP contribution in [0.4, 0.5) is 19.0 Å². The van der Waals surface area contributed by atoms with Gasteiger partial charge in [-0.2, -0.15) is 18.3 Å². The van der Waals surface area contributed by atoms with Crippen LogP contribution in [-0.4, -0.2) is 44.5 Å². The highest BCUT2D eigenvalue weighted by atomic mass is 19.4. The minimum atomic E-state index is -4.43. The van der Waals surface area contributed by atoms with Crippen molar-refractivity contribution in [2.24, 2.45) is 0 Å². The first-order valence-corrected chi connectivity index (χ1v) is 11.0. The molecule has 0 unspecified atom stereocenters. The Morgan fingerprint density at radius 2 is 1.85 bits per heavy atom. The molecule has 1 aliphatic heterocycles. The Morgan fingerprint density at radius 1 is 1.06 bits per heavy atom. The lowest BCUT2D eigenvalue weighted by atomic mass is 10.0. The van der Waals surface area contributed by atoms with Gasteiger partial charge in [0.15, 0.2) is 0 Å². The zero-order valence-electron chi connectivity index (χ0n) is 18.2. The molecule has 3 aromatic heterocycles. The van der Waals surface area contributed by atoms with Crippen molar-refractivity contribution in [2.75, 3.05) is 18.4 Å². The lowest BCUT2D eigenvalue weighted by molar-refractivity contribution is -0.137. The van der Waals surface area contributed by atoms with Crippen LogP contribution in [0.3, 0.4) is 0 Å². The van der Waals surface area contributed by atoms with E-state index in [1.54, 1.807) is 4.52 Å². The Labute approximate surface area is 194 Å². The third kappa shape index (κ3) is 4.21. The second-order valence-electron chi connectivity index (χ2n) is 8.23. The first kappa shape index (κ1) is 21.9. The number of anilines is 1. The van der Waals surface area contributed by atoms with Gasteiger partial charge >= 0.3 is 6.18 Å². The summed E-state index contributed by atoms with van der Waals surface area (Å²) >= 11 is 0. The number of nitrogens with one attached hydrogen (secondary N) is 1. The molecule has 0 radical (unpaired) electrons. The highest BCUT2D eigenvalue weighted by Crippen LogP contribution is 2.31. The Balaban J connectivity index is 1.39. The van der Waals surface area contributed by atoms with Gasteiger partial charge in [-0.05, 0) is 37.1 Å². The summed E-state index contributed by atoms with van der Waals surface area (Å²) in [5.41, 5.74) is 1.97. The van der Waals surface area contributed by atoms with Crippen LogP contribution in [0, 0.1) is 0 Å². The van der Waals surface area contributed by atoms with Crippen molar-refractivity contribution in [1.82, 2.24) is 19.5 Å². The smallest absolute Gasteiger partial charge is 0.368 e. The molecule has 1 aliphatic rings. The van der Waals surface area contributed by atoms with Gasteiger partial charge < -0.3 is 10.2 Å². The third-order valence-corrected chi connectivity index (χ3v) is 6.05. The van der Waals surface area contributed by atoms with Crippen molar-refractivity contribution in [3.8, 4) is 11.3 Å². The van der Waals surface area contributed by atoms with Crippen molar-refractivity contribution in [3.05, 3.63) is 84.2 Å². The van der Waals surface area contributed by atoms with Crippen LogP contribution in [-0.2, 0) is 6.18 Å². The van der Waals surface area contributed by atoms with Crippen LogP contribution in [0.15, 0.2) is 73.1 Å². The molecule has 5 rings (SSSR count). The Kier molecular flexibility index (Phi) is 5.69. The third-order valence-electron chi connectivity index (χ3n) is 6.05. The molecule has 1 N–H and O–H groups in total. The number of rotatable bonds is 5. The Morgan fingerprint density at radius 3 is 2.59 bits per heavy atom. The zero-order valence-corrected chi connectivity index (χ0v) is 18.2. The molecule has 4 heterocycles. The number of nitrogens with zero attached hydrogens (tertiary/aromatic N) is 4. The SMILES string of the molecule is O=C(c1c(-c2ccccc2)nn2ccccc12)N1CCC[C@H]1CNc1ccc(C(F)(F)F)cn1. The molecule has 0 aliphatic carbocycles. The van der Waals surface area contributed by atoms with Crippen molar-refractivity contribution >= 4 is 17.2 Å². The maximum absolute atomic E-state index is 13.8. The van der Waals surface area contributed by atoms with Crippen molar-refractivity contribution in [3.63, 3.8) is 0 Å². The second-order valence-corrected chi connectivity index (χ2v) is 8.23. The summed E-state index contributed by atoms with van der Waals surface area (Å²) in [6, 6.07) is 17.4. The largest absolute Gasteiger partial charge is 0.417 e. The summed E-state index contributed by atoms with van der Waals surface area (Å²) in [6.07, 6.45) is -0.161. The average Bonchev–Trinajstić information content (AvgIpc) is 3.47. The lowest BCUT2D eigenvalue weighted by Crippen LogP contribution is -2.39. The molecule has 1 aromatic carbocycles. The molecule has 4 aromatic rings. The molecular formula is C25H22F3N5O. The van der Waals surface area contributed by atoms with E-state index < -0.39 is 11.7 Å². The molecular weight excluding hydrogens is 443 g/mol. The van der Waals surface area contributed by atoms with E-state index >= 15 is 0 Å². The molecule has 0 saturated carbocycles. The topological polar surface area (TPSA) is 62.5 Å². The summed E-state index contributed by atoms with van der Waals surface area (Å²) in [5, 5.41) is 7.76. The second kappa shape index (κ2) is 8.81. The highest BCUT2D eigenvalue weighted by molar-refractivity contribution is 6.06. The molecule has 1 saturated heterocycles. The quantitative estimate of drug-likeness (QED) is 0.444. The van der Waals surface area contributed by atoms with Gasteiger partial charge in [-0.1, -0.05) is 36.4 Å². The fourth-order valence-corrected chi connectivity index (χ4v) is 4.36. The van der Waals surface area contributed by atoms with Crippen LogP contribution in [0.5, 0.6) is 0 Å². The van der Waals surface area contributed by atoms with Gasteiger partial charge in [0.1, 0.15) is 11.5 Å². The van der Waals surface area contributed by atoms with Gasteiger partial charge in [0, 0.05) is 37.1 Å². The predicted octanol–water partition coefficient (Wildman–Crippen LogP) is 5.13. The summed E-state index contributed by atoms with van der Waals surface area (Å²) < 4.78 is 40.1. The number of aromatic nitrogens is 3. The van der Waals surface area contributed by atoms with E-state index in [0.29, 0.717) is 30.2 Å². The number of amides is 1. The van der Waals surface area contributed by atoms with Gasteiger partial charge in [-0.15, -0.1) is 0 Å². The van der Waals surface area contributed by atoms with E-state index in [9.17, 15) is 18.0 Å². The number of hydrogen-bond acceptors (Lipinski definition) is 4. The standard InChI is InChI=1S/C25H22F3N5O/c26-25(27,28)18-11-12-21(29-15-18)30-16-19-9-6-13-32(19)24(34)22-20-10-4-5-14-33(20)31-23(22)17-7-2-1-3-8-17/h1-5,7-8,10-12,14-15,19H,6,9,13,16H2,(H,29,30)/t19-/m0/s1. The molecule has 9 heteroatoms. The van der Waals surface area contributed by atoms with E-state index in [0.717, 1.165) is 36.2 Å². The maximum Gasteiger partial charge on any atom is 0.417 e. The van der Waals surface area contributed by atoms with Gasteiger partial charge in [-0.3, -0.25) is 4.79 Å². The van der Waals surface area contributed by atoms with E-state index in [4.69, 9.17) is 0 Å². The number of benzene rings is 1. The maximum atomic E-state index is 13.8. The molecule has 1 amide bonds. The number of halogens is 3. The monoisotopic (exact) mass is 465 g/mol. The van der Waals surface area contributed by atoms with Gasteiger partial charge in [0.2, 0.25) is 0 Å². The van der Waals surface area contributed by atoms with Crippen molar-refractivity contribution in [2.45, 2.75) is 25.1 Å². The van der Waals surface area contributed by atoms with E-state index in [1.807, 2.05) is 59.6 Å². The molecule has 1 fully saturated rings. The van der Waals surface area contributed by atoms with Crippen LogP contribution in [0.2, 0.25) is 0 Å². The Hall–Kier alpha value is -3.88. The predicted molar refractivity (Wildman–Crippen MR) is 122 cm³/mol. The minimum Gasteiger partial charge on any atom is -0.368 e. The zero-order chi connectivity index (χ0) is 23.7. The fraction of sp³-hybridized carbons (Fsp3) is 0.240. The van der Waals surface area contributed by atoms with Gasteiger partial charge in [0.25, 0.3) is 5.91 Å². The Bertz CT molecular complexity index is 1300. The number of carbonyl (C=O) groups is 1. The normalized spacial score (nSPS) is 16.2. The summed E-state index contributed by atoms with van der Waals surface area (Å²) in [6.45, 7) is 0.994. The first-order chi connectivity index (χ1) is 16.4. The van der Waals surface area contributed by atoms with Crippen molar-refractivity contribution in [1.29, 1.82) is 0 Å². The van der Waals surface area contributed by atoms with Crippen LogP contribution in [0.25, 0.3) is 16.8 Å². The number of fused-ring (bicyclic) bond motifs is 1. The van der Waals surface area contributed by atoms with E-state index in [2.05, 4.69) is 15.4 Å². The molecule has 0 bridgehead atoms. The number of likely N-dealkylation sites (tertiary alicyclic amines) is 1. The van der Waals surface area contributed by atoms with E-state index in [-0.39, 0.29) is 11.9 Å². The minimum absolute atomic E-state index is 0.107. The summed E-state index contributed by atoms with van der Waals surface area (Å²) in [5.74, 6) is 0.234. The van der Waals surface area contributed by atoms with Crippen LogP contribution >= 0.6 is 0 Å². The number of carbonyl (C=O) groups excluding carboxylic acids is 1. The molecule has 6 nitrogen and oxygen atoms in total. The van der Waals surface area contributed by atoms with Crippen molar-refractivity contribution < 1.29 is 18.0 Å². The average molecular weight is 465 g/mol. The first-order valence-electron chi connectivity index (χ1n) is 11.0. The summed E-state index contributed by atoms with van der Waals surface area (Å²) in [7, 11) is 0. The molecule has 0 spiro atoms. The molecule has 34 heavy (non-hydrogen) atoms. The lowest BCUT2D eigenvalue weighted by Gasteiger charge is -2.25. The number of hydrogen-bond donors (Lipinski definition) is 1. The van der Waals surface area contributed by atoms with Gasteiger partial charge in [0.05, 0.1) is 16.6 Å². The molecule has 174 valence electrons. The number of pyridine rings is 2. The summed E-state index contributed by atoms with van der Waals surface area (Å²) in [4.78, 5) is 19.5. The van der Waals surface area contributed by atoms with E-state index in [1.165, 1.54) is 6.07 Å². The van der Waals surface area contributed by atoms with Crippen LogP contribution < -0.4 is 5.32 Å². The number of alkyl halides is 3. The molecule has 1 atom stereocenters. The van der Waals surface area contributed by atoms with Gasteiger partial charge in [-0.25, -0.2) is 9.50 Å². The highest BCUT2D eigenvalue weighted by Gasteiger charge is 2.33. The van der Waals surface area contributed by atoms with Crippen LogP contribution in [0.1, 0.15) is 28.8 Å². The fourth-order valence-electron chi connectivity index (χ4n) is 4.36.